The number of imidazole rings is 1. The van der Waals surface area contributed by atoms with Gasteiger partial charge < -0.3 is 14.6 Å². The maximum atomic E-state index is 6.26. The van der Waals surface area contributed by atoms with Crippen molar-refractivity contribution in [1.29, 1.82) is 0 Å². The smallest absolute Gasteiger partial charge is 0.146 e. The van der Waals surface area contributed by atoms with Gasteiger partial charge in [-0.25, -0.2) is 4.98 Å². The molecule has 0 saturated heterocycles. The van der Waals surface area contributed by atoms with Crippen molar-refractivity contribution in [3.8, 4) is 5.75 Å². The number of nitrogens with zero attached hydrogens (tertiary/aromatic N) is 2. The van der Waals surface area contributed by atoms with Crippen molar-refractivity contribution in [3.63, 3.8) is 0 Å². The van der Waals surface area contributed by atoms with Crippen LogP contribution in [0.4, 0.5) is 0 Å². The van der Waals surface area contributed by atoms with Gasteiger partial charge in [0, 0.05) is 37.6 Å². The Bertz CT molecular complexity index is 593. The Labute approximate surface area is 123 Å². The molecule has 1 aliphatic carbocycles. The fourth-order valence-corrected chi connectivity index (χ4v) is 2.32. The number of ether oxygens (including phenoxy) is 1. The zero-order valence-corrected chi connectivity index (χ0v) is 12.2. The number of para-hydroxylation sites is 1. The molecule has 0 amide bonds. The lowest BCUT2D eigenvalue weighted by Crippen LogP contribution is -2.16. The number of halogens is 1. The van der Waals surface area contributed by atoms with Crippen LogP contribution in [0.3, 0.4) is 0 Å². The van der Waals surface area contributed by atoms with Crippen molar-refractivity contribution in [3.05, 3.63) is 47.0 Å². The normalized spacial score (nSPS) is 14.5. The molecule has 106 valence electrons. The molecule has 5 heteroatoms. The lowest BCUT2D eigenvalue weighted by Gasteiger charge is -2.13. The van der Waals surface area contributed by atoms with Gasteiger partial charge in [-0.15, -0.1) is 0 Å². The maximum Gasteiger partial charge on any atom is 0.146 e. The molecule has 4 nitrogen and oxygen atoms in total. The Morgan fingerprint density at radius 2 is 2.30 bits per heavy atom. The summed E-state index contributed by atoms with van der Waals surface area (Å²) in [6.45, 7) is 1.21. The predicted octanol–water partition coefficient (Wildman–Crippen LogP) is 2.90. The van der Waals surface area contributed by atoms with Crippen molar-refractivity contribution in [2.45, 2.75) is 32.0 Å². The van der Waals surface area contributed by atoms with E-state index in [4.69, 9.17) is 16.3 Å². The topological polar surface area (TPSA) is 39.1 Å². The van der Waals surface area contributed by atoms with E-state index in [0.29, 0.717) is 17.7 Å². The van der Waals surface area contributed by atoms with Crippen molar-refractivity contribution < 1.29 is 4.74 Å². The second-order valence-corrected chi connectivity index (χ2v) is 5.53. The highest BCUT2D eigenvalue weighted by atomic mass is 35.5. The van der Waals surface area contributed by atoms with E-state index in [2.05, 4.69) is 16.4 Å². The van der Waals surface area contributed by atoms with Gasteiger partial charge in [0.1, 0.15) is 18.2 Å². The van der Waals surface area contributed by atoms with Gasteiger partial charge in [-0.3, -0.25) is 0 Å². The molecule has 2 aromatic rings. The van der Waals surface area contributed by atoms with Crippen LogP contribution in [0.1, 0.15) is 24.2 Å². The van der Waals surface area contributed by atoms with E-state index in [1.807, 2.05) is 29.9 Å². The number of hydrogen-bond donors (Lipinski definition) is 1. The van der Waals surface area contributed by atoms with Gasteiger partial charge in [-0.1, -0.05) is 23.7 Å². The third kappa shape index (κ3) is 3.14. The predicted molar refractivity (Wildman–Crippen MR) is 78.9 cm³/mol. The fourth-order valence-electron chi connectivity index (χ4n) is 2.07. The molecule has 1 saturated carbocycles. The highest BCUT2D eigenvalue weighted by Crippen LogP contribution is 2.30. The van der Waals surface area contributed by atoms with Gasteiger partial charge in [0.25, 0.3) is 0 Å². The molecule has 0 bridgehead atoms. The van der Waals surface area contributed by atoms with Gasteiger partial charge in [0.15, 0.2) is 0 Å². The van der Waals surface area contributed by atoms with E-state index in [9.17, 15) is 0 Å². The first-order valence-electron chi connectivity index (χ1n) is 6.84. The van der Waals surface area contributed by atoms with Gasteiger partial charge in [0.05, 0.1) is 5.02 Å². The third-order valence-corrected chi connectivity index (χ3v) is 3.77. The minimum Gasteiger partial charge on any atom is -0.484 e. The number of hydrogen-bond acceptors (Lipinski definition) is 3. The van der Waals surface area contributed by atoms with Crippen LogP contribution in [0.5, 0.6) is 5.75 Å². The first kappa shape index (κ1) is 13.5. The van der Waals surface area contributed by atoms with Crippen molar-refractivity contribution in [2.24, 2.45) is 7.05 Å². The summed E-state index contributed by atoms with van der Waals surface area (Å²) in [6, 6.07) is 6.53. The molecule has 3 rings (SSSR count). The second-order valence-electron chi connectivity index (χ2n) is 5.13. The van der Waals surface area contributed by atoms with E-state index in [1.54, 1.807) is 6.20 Å². The first-order chi connectivity index (χ1) is 9.74. The fraction of sp³-hybridized carbons (Fsp3) is 0.400. The number of aryl methyl sites for hydroxylation is 1. The average Bonchev–Trinajstić information content (AvgIpc) is 3.18. The first-order valence-corrected chi connectivity index (χ1v) is 7.21. The summed E-state index contributed by atoms with van der Waals surface area (Å²) in [5, 5.41) is 4.13. The summed E-state index contributed by atoms with van der Waals surface area (Å²) in [6.07, 6.45) is 6.20. The highest BCUT2D eigenvalue weighted by molar-refractivity contribution is 6.32. The summed E-state index contributed by atoms with van der Waals surface area (Å²) in [5.74, 6) is 1.64. The van der Waals surface area contributed by atoms with Gasteiger partial charge in [-0.05, 0) is 18.9 Å². The van der Waals surface area contributed by atoms with Crippen LogP contribution in [0.15, 0.2) is 30.6 Å². The van der Waals surface area contributed by atoms with E-state index in [1.165, 1.54) is 12.8 Å². The van der Waals surface area contributed by atoms with Crippen LogP contribution in [-0.2, 0) is 20.2 Å². The minimum atomic E-state index is 0.420. The summed E-state index contributed by atoms with van der Waals surface area (Å²) >= 11 is 6.26. The minimum absolute atomic E-state index is 0.420. The SMILES string of the molecule is Cn1ccnc1COc1c(Cl)cccc1CNC1CC1. The van der Waals surface area contributed by atoms with E-state index >= 15 is 0 Å². The molecule has 1 heterocycles. The van der Waals surface area contributed by atoms with Crippen LogP contribution in [0.25, 0.3) is 0 Å². The van der Waals surface area contributed by atoms with Crippen LogP contribution < -0.4 is 10.1 Å². The molecule has 0 atom stereocenters. The Morgan fingerprint density at radius 1 is 1.45 bits per heavy atom. The molecule has 1 fully saturated rings. The van der Waals surface area contributed by atoms with E-state index < -0.39 is 0 Å². The lowest BCUT2D eigenvalue weighted by molar-refractivity contribution is 0.288. The summed E-state index contributed by atoms with van der Waals surface area (Å²) in [5.41, 5.74) is 1.10. The molecule has 1 aliphatic rings. The molecule has 1 aromatic heterocycles. The monoisotopic (exact) mass is 291 g/mol. The lowest BCUT2D eigenvalue weighted by atomic mass is 10.2. The standard InChI is InChI=1S/C15H18ClN3O/c1-19-8-7-17-14(19)10-20-15-11(3-2-4-13(15)16)9-18-12-5-6-12/h2-4,7-8,12,18H,5-6,9-10H2,1H3. The summed E-state index contributed by atoms with van der Waals surface area (Å²) < 4.78 is 7.83. The van der Waals surface area contributed by atoms with E-state index in [-0.39, 0.29) is 0 Å². The van der Waals surface area contributed by atoms with Crippen LogP contribution in [-0.4, -0.2) is 15.6 Å². The largest absolute Gasteiger partial charge is 0.484 e. The van der Waals surface area contributed by atoms with Gasteiger partial charge in [0.2, 0.25) is 0 Å². The number of nitrogens with one attached hydrogen (secondary N) is 1. The summed E-state index contributed by atoms with van der Waals surface area (Å²) in [7, 11) is 1.95. The highest BCUT2D eigenvalue weighted by Gasteiger charge is 2.21. The van der Waals surface area contributed by atoms with Gasteiger partial charge in [-0.2, -0.15) is 0 Å². The number of rotatable bonds is 6. The number of benzene rings is 1. The molecule has 0 radical (unpaired) electrons. The maximum absolute atomic E-state index is 6.26. The van der Waals surface area contributed by atoms with Gasteiger partial charge >= 0.3 is 0 Å². The second kappa shape index (κ2) is 5.85. The Morgan fingerprint density at radius 3 is 3.00 bits per heavy atom. The third-order valence-electron chi connectivity index (χ3n) is 3.47. The Hall–Kier alpha value is -1.52. The Kier molecular flexibility index (Phi) is 3.94. The molecule has 0 spiro atoms. The van der Waals surface area contributed by atoms with Crippen LogP contribution >= 0.6 is 11.6 Å². The molecule has 1 aromatic carbocycles. The Balaban J connectivity index is 1.71. The van der Waals surface area contributed by atoms with E-state index in [0.717, 1.165) is 23.7 Å². The molecular weight excluding hydrogens is 274 g/mol. The van der Waals surface area contributed by atoms with Crippen molar-refractivity contribution in [2.75, 3.05) is 0 Å². The van der Waals surface area contributed by atoms with Crippen molar-refractivity contribution in [1.82, 2.24) is 14.9 Å². The zero-order chi connectivity index (χ0) is 13.9. The molecular formula is C15H18ClN3O. The molecule has 0 unspecified atom stereocenters. The quantitative estimate of drug-likeness (QED) is 0.889. The van der Waals surface area contributed by atoms with Crippen molar-refractivity contribution >= 4 is 11.6 Å². The number of aromatic nitrogens is 2. The molecule has 20 heavy (non-hydrogen) atoms. The summed E-state index contributed by atoms with van der Waals surface area (Å²) in [4.78, 5) is 4.25. The zero-order valence-electron chi connectivity index (χ0n) is 11.5. The molecule has 0 aliphatic heterocycles. The van der Waals surface area contributed by atoms with Crippen LogP contribution in [0, 0.1) is 0 Å². The average molecular weight is 292 g/mol. The molecule has 1 N–H and O–H groups in total. The van der Waals surface area contributed by atoms with Crippen LogP contribution in [0.2, 0.25) is 5.02 Å².